The van der Waals surface area contributed by atoms with Crippen LogP contribution < -0.4 is 10.6 Å². The molecule has 2 heterocycles. The summed E-state index contributed by atoms with van der Waals surface area (Å²) in [7, 11) is 0. The van der Waals surface area contributed by atoms with Crippen molar-refractivity contribution in [2.45, 2.75) is 0 Å². The van der Waals surface area contributed by atoms with E-state index in [4.69, 9.17) is 0 Å². The van der Waals surface area contributed by atoms with Crippen molar-refractivity contribution in [3.05, 3.63) is 36.6 Å². The topological polar surface area (TPSA) is 41.1 Å². The predicted octanol–water partition coefficient (Wildman–Crippen LogP) is 0.332. The van der Waals surface area contributed by atoms with Crippen LogP contribution >= 0.6 is 0 Å². The summed E-state index contributed by atoms with van der Waals surface area (Å²) in [6.07, 6.45) is 3.41. The Morgan fingerprint density at radius 3 is 2.38 bits per heavy atom. The minimum absolute atomic E-state index is 0.0658. The van der Waals surface area contributed by atoms with E-state index in [1.54, 1.807) is 12.2 Å². The van der Waals surface area contributed by atoms with E-state index in [2.05, 4.69) is 23.8 Å². The molecule has 2 aliphatic rings. The van der Waals surface area contributed by atoms with Gasteiger partial charge in [0, 0.05) is 18.8 Å². The Morgan fingerprint density at radius 2 is 2.00 bits per heavy atom. The van der Waals surface area contributed by atoms with Crippen molar-refractivity contribution in [1.29, 1.82) is 0 Å². The van der Waals surface area contributed by atoms with Gasteiger partial charge in [-0.05, 0) is 11.6 Å². The lowest BCUT2D eigenvalue weighted by Crippen LogP contribution is -2.58. The van der Waals surface area contributed by atoms with Crippen LogP contribution in [0.15, 0.2) is 36.6 Å². The molecule has 0 atom stereocenters. The second-order valence-corrected chi connectivity index (χ2v) is 3.38. The first-order chi connectivity index (χ1) is 6.24. The summed E-state index contributed by atoms with van der Waals surface area (Å²) >= 11 is 0. The van der Waals surface area contributed by atoms with Crippen molar-refractivity contribution < 1.29 is 4.79 Å². The van der Waals surface area contributed by atoms with Crippen LogP contribution in [0.1, 0.15) is 0 Å². The van der Waals surface area contributed by atoms with Crippen molar-refractivity contribution >= 4 is 5.91 Å². The maximum Gasteiger partial charge on any atom is 0.237 e. The molecule has 0 radical (unpaired) electrons. The molecule has 3 heteroatoms. The molecule has 13 heavy (non-hydrogen) atoms. The number of amides is 1. The highest BCUT2D eigenvalue weighted by Gasteiger charge is 2.51. The molecule has 0 bridgehead atoms. The van der Waals surface area contributed by atoms with Gasteiger partial charge in [0.2, 0.25) is 5.91 Å². The van der Waals surface area contributed by atoms with E-state index in [1.165, 1.54) is 0 Å². The Bertz CT molecular complexity index is 324. The fourth-order valence-electron chi connectivity index (χ4n) is 1.88. The van der Waals surface area contributed by atoms with Gasteiger partial charge in [0.25, 0.3) is 0 Å². The van der Waals surface area contributed by atoms with Gasteiger partial charge in [0.05, 0.1) is 0 Å². The van der Waals surface area contributed by atoms with Gasteiger partial charge in [-0.15, -0.1) is 0 Å². The summed E-state index contributed by atoms with van der Waals surface area (Å²) in [5, 5.41) is 5.91. The molecule has 1 amide bonds. The van der Waals surface area contributed by atoms with E-state index < -0.39 is 0 Å². The van der Waals surface area contributed by atoms with Crippen molar-refractivity contribution in [3.8, 4) is 0 Å². The minimum atomic E-state index is -0.356. The molecule has 0 aliphatic carbocycles. The van der Waals surface area contributed by atoms with Crippen molar-refractivity contribution in [2.24, 2.45) is 5.41 Å². The molecule has 2 N–H and O–H groups in total. The molecule has 0 unspecified atom stereocenters. The van der Waals surface area contributed by atoms with Gasteiger partial charge >= 0.3 is 0 Å². The Hall–Kier alpha value is -1.35. The van der Waals surface area contributed by atoms with E-state index in [9.17, 15) is 4.79 Å². The fraction of sp³-hybridized carbons (Fsp3) is 0.300. The van der Waals surface area contributed by atoms with Crippen molar-refractivity contribution in [2.75, 3.05) is 13.1 Å². The average molecular weight is 176 g/mol. The van der Waals surface area contributed by atoms with E-state index >= 15 is 0 Å². The first-order valence-electron chi connectivity index (χ1n) is 4.26. The van der Waals surface area contributed by atoms with Crippen LogP contribution in [0, 0.1) is 5.41 Å². The van der Waals surface area contributed by atoms with Crippen LogP contribution in [0.3, 0.4) is 0 Å². The number of rotatable bonds is 2. The van der Waals surface area contributed by atoms with Crippen molar-refractivity contribution in [3.63, 3.8) is 0 Å². The fourth-order valence-corrected chi connectivity index (χ4v) is 1.88. The van der Waals surface area contributed by atoms with E-state index in [-0.39, 0.29) is 11.3 Å². The number of allylic oxidation sites excluding steroid dienone is 2. The van der Waals surface area contributed by atoms with Gasteiger partial charge < -0.3 is 10.6 Å². The van der Waals surface area contributed by atoms with Crippen LogP contribution in [-0.4, -0.2) is 19.0 Å². The third kappa shape index (κ3) is 0.848. The second-order valence-electron chi connectivity index (χ2n) is 3.38. The van der Waals surface area contributed by atoms with Crippen LogP contribution in [0.25, 0.3) is 0 Å². The summed E-state index contributed by atoms with van der Waals surface area (Å²) in [6.45, 7) is 8.80. The van der Waals surface area contributed by atoms with E-state index in [1.807, 2.05) is 0 Å². The zero-order valence-corrected chi connectivity index (χ0v) is 7.39. The lowest BCUT2D eigenvalue weighted by atomic mass is 9.75. The van der Waals surface area contributed by atoms with Crippen LogP contribution in [0.5, 0.6) is 0 Å². The Morgan fingerprint density at radius 1 is 1.31 bits per heavy atom. The highest BCUT2D eigenvalue weighted by molar-refractivity contribution is 5.94. The number of nitrogens with one attached hydrogen (secondary N) is 2. The number of hydrogen-bond acceptors (Lipinski definition) is 2. The first kappa shape index (κ1) is 8.26. The molecular weight excluding hydrogens is 164 g/mol. The zero-order valence-electron chi connectivity index (χ0n) is 7.39. The summed E-state index contributed by atoms with van der Waals surface area (Å²) < 4.78 is 0. The number of carbonyl (C=O) groups excluding carboxylic acids is 1. The summed E-state index contributed by atoms with van der Waals surface area (Å²) in [5.74, 6) is 0.0658. The quantitative estimate of drug-likeness (QED) is 0.636. The Balaban J connectivity index is 2.47. The van der Waals surface area contributed by atoms with Crippen molar-refractivity contribution in [1.82, 2.24) is 10.6 Å². The molecule has 2 aliphatic heterocycles. The first-order valence-corrected chi connectivity index (χ1v) is 4.26. The smallest absolute Gasteiger partial charge is 0.237 e. The van der Waals surface area contributed by atoms with Gasteiger partial charge in [-0.2, -0.15) is 0 Å². The molecule has 2 rings (SSSR count). The molecule has 68 valence electrons. The molecule has 1 spiro atoms. The molecule has 3 nitrogen and oxygen atoms in total. The van der Waals surface area contributed by atoms with Gasteiger partial charge in [0.1, 0.15) is 5.41 Å². The van der Waals surface area contributed by atoms with Crippen LogP contribution in [-0.2, 0) is 4.79 Å². The molecule has 0 saturated carbocycles. The van der Waals surface area contributed by atoms with E-state index in [0.717, 1.165) is 11.3 Å². The molecular formula is C10H12N2O. The van der Waals surface area contributed by atoms with Crippen LogP contribution in [0.4, 0.5) is 0 Å². The molecule has 0 aromatic rings. The Labute approximate surface area is 77.2 Å². The highest BCUT2D eigenvalue weighted by Crippen LogP contribution is 2.39. The van der Waals surface area contributed by atoms with E-state index in [0.29, 0.717) is 13.1 Å². The zero-order chi connectivity index (χ0) is 9.47. The maximum atomic E-state index is 11.6. The van der Waals surface area contributed by atoms with Gasteiger partial charge in [-0.1, -0.05) is 19.2 Å². The number of hydrogen-bond donors (Lipinski definition) is 2. The second kappa shape index (κ2) is 2.57. The normalized spacial score (nSPS) is 24.2. The van der Waals surface area contributed by atoms with Gasteiger partial charge in [-0.3, -0.25) is 4.79 Å². The third-order valence-corrected chi connectivity index (χ3v) is 2.75. The monoisotopic (exact) mass is 176 g/mol. The van der Waals surface area contributed by atoms with Gasteiger partial charge in [-0.25, -0.2) is 0 Å². The largest absolute Gasteiger partial charge is 0.325 e. The summed E-state index contributed by atoms with van der Waals surface area (Å²) in [4.78, 5) is 11.6. The maximum absolute atomic E-state index is 11.6. The summed E-state index contributed by atoms with van der Waals surface area (Å²) in [5.41, 5.74) is 1.43. The molecule has 1 saturated heterocycles. The lowest BCUT2D eigenvalue weighted by Gasteiger charge is -2.37. The molecule has 1 fully saturated rings. The van der Waals surface area contributed by atoms with Gasteiger partial charge in [0.15, 0.2) is 0 Å². The summed E-state index contributed by atoms with van der Waals surface area (Å²) in [6, 6.07) is 0. The third-order valence-electron chi connectivity index (χ3n) is 2.75. The standard InChI is InChI=1S/C10H12N2O/c1-3-7-8(4-2)12-9(13)10(7)5-11-6-10/h3-4,11H,1-2,5-6H2,(H,12,13). The SMILES string of the molecule is C=CC1=C(C=C)C2(CNC2)C(=O)N1. The average Bonchev–Trinajstić information content (AvgIpc) is 2.36. The Kier molecular flexibility index (Phi) is 1.63. The number of carbonyl (C=O) groups is 1. The molecule has 0 aromatic carbocycles. The lowest BCUT2D eigenvalue weighted by molar-refractivity contribution is -0.128. The molecule has 0 aromatic heterocycles. The highest BCUT2D eigenvalue weighted by atomic mass is 16.2. The predicted molar refractivity (Wildman–Crippen MR) is 50.9 cm³/mol. The van der Waals surface area contributed by atoms with Crippen LogP contribution in [0.2, 0.25) is 0 Å². The minimum Gasteiger partial charge on any atom is -0.325 e.